The van der Waals surface area contributed by atoms with Gasteiger partial charge in [0.05, 0.1) is 13.0 Å². The lowest BCUT2D eigenvalue weighted by atomic mass is 10.1. The van der Waals surface area contributed by atoms with Crippen LogP contribution in [0.25, 0.3) is 0 Å². The van der Waals surface area contributed by atoms with Crippen LogP contribution in [0, 0.1) is 11.6 Å². The van der Waals surface area contributed by atoms with E-state index in [4.69, 9.17) is 4.74 Å². The van der Waals surface area contributed by atoms with Crippen molar-refractivity contribution >= 4 is 5.97 Å². The lowest BCUT2D eigenvalue weighted by Crippen LogP contribution is -2.24. The average Bonchev–Trinajstić information content (AvgIpc) is 2.29. The molecular formula is C13H17F2NO2. The molecule has 0 saturated carbocycles. The van der Waals surface area contributed by atoms with E-state index in [-0.39, 0.29) is 18.0 Å². The van der Waals surface area contributed by atoms with E-state index in [1.165, 1.54) is 18.2 Å². The number of nitrogens with one attached hydrogen (secondary N) is 1. The van der Waals surface area contributed by atoms with Gasteiger partial charge in [-0.05, 0) is 26.0 Å². The molecule has 0 radical (unpaired) electrons. The molecule has 3 nitrogen and oxygen atoms in total. The van der Waals surface area contributed by atoms with E-state index in [0.717, 1.165) is 0 Å². The Kier molecular flexibility index (Phi) is 5.71. The Balaban J connectivity index is 2.50. The zero-order chi connectivity index (χ0) is 13.5. The number of esters is 1. The van der Waals surface area contributed by atoms with Crippen molar-refractivity contribution in [3.63, 3.8) is 0 Å². The molecule has 100 valence electrons. The van der Waals surface area contributed by atoms with E-state index in [0.29, 0.717) is 13.2 Å². The largest absolute Gasteiger partial charge is 0.466 e. The first-order chi connectivity index (χ1) is 8.56. The fourth-order valence-electron chi connectivity index (χ4n) is 1.65. The second-order valence-electron chi connectivity index (χ2n) is 3.87. The molecule has 0 saturated heterocycles. The maximum absolute atomic E-state index is 13.4. The fraction of sp³-hybridized carbons (Fsp3) is 0.462. The number of halogens is 2. The zero-order valence-electron chi connectivity index (χ0n) is 10.5. The van der Waals surface area contributed by atoms with E-state index >= 15 is 0 Å². The molecule has 1 unspecified atom stereocenters. The summed E-state index contributed by atoms with van der Waals surface area (Å²) < 4.78 is 31.6. The highest BCUT2D eigenvalue weighted by molar-refractivity contribution is 5.69. The molecule has 1 aromatic carbocycles. The molecule has 0 aliphatic carbocycles. The van der Waals surface area contributed by atoms with Crippen LogP contribution >= 0.6 is 0 Å². The van der Waals surface area contributed by atoms with Gasteiger partial charge in [0.2, 0.25) is 0 Å². The first kappa shape index (κ1) is 14.6. The molecule has 1 aromatic rings. The Bertz CT molecular complexity index is 390. The van der Waals surface area contributed by atoms with E-state index in [2.05, 4.69) is 5.32 Å². The Hall–Kier alpha value is -1.49. The van der Waals surface area contributed by atoms with Crippen LogP contribution in [-0.4, -0.2) is 19.1 Å². The lowest BCUT2D eigenvalue weighted by Gasteiger charge is -2.15. The average molecular weight is 257 g/mol. The van der Waals surface area contributed by atoms with Crippen LogP contribution in [0.5, 0.6) is 0 Å². The second kappa shape index (κ2) is 7.06. The Labute approximate surface area is 105 Å². The van der Waals surface area contributed by atoms with Crippen molar-refractivity contribution < 1.29 is 18.3 Å². The molecular weight excluding hydrogens is 240 g/mol. The minimum atomic E-state index is -0.592. The molecule has 1 rings (SSSR count). The maximum Gasteiger partial charge on any atom is 0.307 e. The Morgan fingerprint density at radius 2 is 2.00 bits per heavy atom. The van der Waals surface area contributed by atoms with Crippen LogP contribution in [0.1, 0.15) is 31.9 Å². The van der Waals surface area contributed by atoms with E-state index in [9.17, 15) is 13.6 Å². The van der Waals surface area contributed by atoms with Gasteiger partial charge in [0.25, 0.3) is 0 Å². The number of benzene rings is 1. The van der Waals surface area contributed by atoms with E-state index < -0.39 is 17.7 Å². The van der Waals surface area contributed by atoms with Crippen LogP contribution in [0.2, 0.25) is 0 Å². The molecule has 0 aliphatic rings. The third-order valence-electron chi connectivity index (χ3n) is 2.52. The van der Waals surface area contributed by atoms with Gasteiger partial charge >= 0.3 is 5.97 Å². The first-order valence-electron chi connectivity index (χ1n) is 5.89. The highest BCUT2D eigenvalue weighted by Gasteiger charge is 2.15. The predicted octanol–water partition coefficient (Wildman–Crippen LogP) is 2.57. The summed E-state index contributed by atoms with van der Waals surface area (Å²) in [6.45, 7) is 4.01. The summed E-state index contributed by atoms with van der Waals surface area (Å²) >= 11 is 0. The number of hydrogen-bond acceptors (Lipinski definition) is 3. The van der Waals surface area contributed by atoms with Gasteiger partial charge in [-0.1, -0.05) is 6.07 Å². The van der Waals surface area contributed by atoms with Gasteiger partial charge in [-0.2, -0.15) is 0 Å². The number of hydrogen-bond donors (Lipinski definition) is 1. The number of ether oxygens (including phenoxy) is 1. The zero-order valence-corrected chi connectivity index (χ0v) is 10.5. The predicted molar refractivity (Wildman–Crippen MR) is 64.0 cm³/mol. The molecule has 0 amide bonds. The highest BCUT2D eigenvalue weighted by Crippen LogP contribution is 2.19. The third-order valence-corrected chi connectivity index (χ3v) is 2.52. The SMILES string of the molecule is CCOC(=O)CCNC(C)c1c(F)cccc1F. The molecule has 0 aliphatic heterocycles. The van der Waals surface area contributed by atoms with E-state index in [1.54, 1.807) is 13.8 Å². The number of carbonyl (C=O) groups excluding carboxylic acids is 1. The maximum atomic E-state index is 13.4. The quantitative estimate of drug-likeness (QED) is 0.796. The molecule has 18 heavy (non-hydrogen) atoms. The van der Waals surface area contributed by atoms with Gasteiger partial charge < -0.3 is 10.1 Å². The van der Waals surface area contributed by atoms with Crippen LogP contribution in [-0.2, 0) is 9.53 Å². The summed E-state index contributed by atoms with van der Waals surface area (Å²) in [5, 5.41) is 2.89. The number of carbonyl (C=O) groups is 1. The fourth-order valence-corrected chi connectivity index (χ4v) is 1.65. The van der Waals surface area contributed by atoms with Gasteiger partial charge in [-0.15, -0.1) is 0 Å². The standard InChI is InChI=1S/C13H17F2NO2/c1-3-18-12(17)7-8-16-9(2)13-10(14)5-4-6-11(13)15/h4-6,9,16H,3,7-8H2,1-2H3. The Morgan fingerprint density at radius 1 is 1.39 bits per heavy atom. The van der Waals surface area contributed by atoms with Gasteiger partial charge in [0.15, 0.2) is 0 Å². The monoisotopic (exact) mass is 257 g/mol. The van der Waals surface area contributed by atoms with Crippen molar-refractivity contribution in [3.05, 3.63) is 35.4 Å². The molecule has 1 N–H and O–H groups in total. The molecule has 0 spiro atoms. The van der Waals surface area contributed by atoms with Crippen LogP contribution in [0.4, 0.5) is 8.78 Å². The van der Waals surface area contributed by atoms with Gasteiger partial charge in [0.1, 0.15) is 11.6 Å². The van der Waals surface area contributed by atoms with Crippen molar-refractivity contribution in [2.45, 2.75) is 26.3 Å². The molecule has 0 heterocycles. The summed E-state index contributed by atoms with van der Waals surface area (Å²) in [5.41, 5.74) is -0.0126. The molecule has 0 fully saturated rings. The minimum absolute atomic E-state index is 0.0126. The topological polar surface area (TPSA) is 38.3 Å². The van der Waals surface area contributed by atoms with Crippen LogP contribution in [0.15, 0.2) is 18.2 Å². The molecule has 0 aromatic heterocycles. The van der Waals surface area contributed by atoms with Crippen molar-refractivity contribution in [3.8, 4) is 0 Å². The lowest BCUT2D eigenvalue weighted by molar-refractivity contribution is -0.143. The van der Waals surface area contributed by atoms with Crippen LogP contribution in [0.3, 0.4) is 0 Å². The normalized spacial score (nSPS) is 12.2. The summed E-state index contributed by atoms with van der Waals surface area (Å²) in [6.07, 6.45) is 0.175. The Morgan fingerprint density at radius 3 is 2.56 bits per heavy atom. The van der Waals surface area contributed by atoms with Crippen molar-refractivity contribution in [1.29, 1.82) is 0 Å². The summed E-state index contributed by atoms with van der Waals surface area (Å²) in [6, 6.07) is 3.24. The van der Waals surface area contributed by atoms with E-state index in [1.807, 2.05) is 0 Å². The van der Waals surface area contributed by atoms with Gasteiger partial charge in [0, 0.05) is 18.2 Å². The molecule has 0 bridgehead atoms. The summed E-state index contributed by atoms with van der Waals surface area (Å²) in [7, 11) is 0. The molecule has 5 heteroatoms. The third kappa shape index (κ3) is 4.07. The smallest absolute Gasteiger partial charge is 0.307 e. The minimum Gasteiger partial charge on any atom is -0.466 e. The summed E-state index contributed by atoms with van der Waals surface area (Å²) in [5.74, 6) is -1.51. The first-order valence-corrected chi connectivity index (χ1v) is 5.89. The highest BCUT2D eigenvalue weighted by atomic mass is 19.1. The second-order valence-corrected chi connectivity index (χ2v) is 3.87. The van der Waals surface area contributed by atoms with Crippen molar-refractivity contribution in [2.75, 3.05) is 13.2 Å². The van der Waals surface area contributed by atoms with Crippen LogP contribution < -0.4 is 5.32 Å². The van der Waals surface area contributed by atoms with Crippen molar-refractivity contribution in [1.82, 2.24) is 5.32 Å². The van der Waals surface area contributed by atoms with Gasteiger partial charge in [-0.3, -0.25) is 4.79 Å². The van der Waals surface area contributed by atoms with Crippen molar-refractivity contribution in [2.24, 2.45) is 0 Å². The number of rotatable bonds is 6. The molecule has 1 atom stereocenters. The van der Waals surface area contributed by atoms with Gasteiger partial charge in [-0.25, -0.2) is 8.78 Å². The summed E-state index contributed by atoms with van der Waals surface area (Å²) in [4.78, 5) is 11.1.